The van der Waals surface area contributed by atoms with Crippen LogP contribution < -0.4 is 0 Å². The molecule has 0 amide bonds. The molecule has 1 unspecified atom stereocenters. The number of aliphatic hydroxyl groups excluding tert-OH is 1. The summed E-state index contributed by atoms with van der Waals surface area (Å²) in [6.45, 7) is 0. The van der Waals surface area contributed by atoms with Gasteiger partial charge in [0.2, 0.25) is 0 Å². The summed E-state index contributed by atoms with van der Waals surface area (Å²) < 4.78 is 26.4. The van der Waals surface area contributed by atoms with Crippen LogP contribution in [0.3, 0.4) is 0 Å². The van der Waals surface area contributed by atoms with Crippen LogP contribution in [0.5, 0.6) is 0 Å². The van der Waals surface area contributed by atoms with Crippen molar-refractivity contribution < 1.29 is 13.9 Å². The Labute approximate surface area is 104 Å². The van der Waals surface area contributed by atoms with Crippen molar-refractivity contribution in [3.05, 3.63) is 65.5 Å². The third-order valence-electron chi connectivity index (χ3n) is 2.80. The molecule has 1 N–H and O–H groups in total. The van der Waals surface area contributed by atoms with Gasteiger partial charge in [-0.2, -0.15) is 0 Å². The molecule has 4 heteroatoms. The lowest BCUT2D eigenvalue weighted by Crippen LogP contribution is -2.04. The van der Waals surface area contributed by atoms with Gasteiger partial charge >= 0.3 is 0 Å². The van der Waals surface area contributed by atoms with Gasteiger partial charge in [-0.05, 0) is 36.6 Å². The summed E-state index contributed by atoms with van der Waals surface area (Å²) in [5, 5.41) is 9.86. The van der Waals surface area contributed by atoms with Crippen molar-refractivity contribution in [3.8, 4) is 0 Å². The molecule has 1 aromatic heterocycles. The van der Waals surface area contributed by atoms with Crippen molar-refractivity contribution in [2.24, 2.45) is 0 Å². The van der Waals surface area contributed by atoms with E-state index in [4.69, 9.17) is 0 Å². The number of halogens is 2. The van der Waals surface area contributed by atoms with Crippen molar-refractivity contribution in [1.82, 2.24) is 4.98 Å². The Balaban J connectivity index is 2.04. The molecule has 1 atom stereocenters. The monoisotopic (exact) mass is 249 g/mol. The predicted molar refractivity (Wildman–Crippen MR) is 63.9 cm³/mol. The third kappa shape index (κ3) is 2.90. The Hall–Kier alpha value is -1.81. The average Bonchev–Trinajstić information content (AvgIpc) is 2.40. The minimum Gasteiger partial charge on any atom is -0.388 e. The van der Waals surface area contributed by atoms with Crippen LogP contribution in [0.25, 0.3) is 0 Å². The van der Waals surface area contributed by atoms with E-state index in [9.17, 15) is 13.9 Å². The van der Waals surface area contributed by atoms with E-state index >= 15 is 0 Å². The molecule has 1 heterocycles. The number of aryl methyl sites for hydroxylation is 1. The van der Waals surface area contributed by atoms with Gasteiger partial charge in [0.25, 0.3) is 0 Å². The molecule has 2 aromatic rings. The summed E-state index contributed by atoms with van der Waals surface area (Å²) in [4.78, 5) is 3.88. The van der Waals surface area contributed by atoms with E-state index in [1.54, 1.807) is 12.4 Å². The van der Waals surface area contributed by atoms with Gasteiger partial charge in [0, 0.05) is 18.0 Å². The van der Waals surface area contributed by atoms with Gasteiger partial charge < -0.3 is 5.11 Å². The molecule has 0 fully saturated rings. The van der Waals surface area contributed by atoms with Gasteiger partial charge in [-0.1, -0.05) is 12.1 Å². The minimum atomic E-state index is -1.01. The summed E-state index contributed by atoms with van der Waals surface area (Å²) in [5.41, 5.74) is 1.00. The van der Waals surface area contributed by atoms with Crippen LogP contribution in [-0.4, -0.2) is 10.1 Å². The van der Waals surface area contributed by atoms with Crippen molar-refractivity contribution in [1.29, 1.82) is 0 Å². The van der Waals surface area contributed by atoms with Crippen LogP contribution in [0, 0.1) is 11.6 Å². The molecule has 1 aromatic carbocycles. The molecule has 2 nitrogen and oxygen atoms in total. The van der Waals surface area contributed by atoms with Gasteiger partial charge in [0.15, 0.2) is 11.6 Å². The Bertz CT molecular complexity index is 516. The number of hydrogen-bond donors (Lipinski definition) is 1. The van der Waals surface area contributed by atoms with Crippen molar-refractivity contribution in [2.45, 2.75) is 18.9 Å². The van der Waals surface area contributed by atoms with Gasteiger partial charge in [0.1, 0.15) is 0 Å². The van der Waals surface area contributed by atoms with E-state index in [-0.39, 0.29) is 5.56 Å². The molecule has 0 radical (unpaired) electrons. The summed E-state index contributed by atoms with van der Waals surface area (Å²) in [6.07, 6.45) is 3.23. The van der Waals surface area contributed by atoms with Crippen molar-refractivity contribution in [2.75, 3.05) is 0 Å². The summed E-state index contributed by atoms with van der Waals surface area (Å²) in [6, 6.07) is 7.48. The second-order valence-corrected chi connectivity index (χ2v) is 4.05. The van der Waals surface area contributed by atoms with Gasteiger partial charge in [-0.15, -0.1) is 0 Å². The Morgan fingerprint density at radius 1 is 1.11 bits per heavy atom. The molecule has 0 aliphatic heterocycles. The van der Waals surface area contributed by atoms with Crippen LogP contribution in [0.2, 0.25) is 0 Å². The highest BCUT2D eigenvalue weighted by Gasteiger charge is 2.15. The molecule has 0 aliphatic carbocycles. The molecule has 0 spiro atoms. The summed E-state index contributed by atoms with van der Waals surface area (Å²) in [5.74, 6) is -1.91. The van der Waals surface area contributed by atoms with Crippen LogP contribution in [-0.2, 0) is 6.42 Å². The van der Waals surface area contributed by atoms with Gasteiger partial charge in [0.05, 0.1) is 6.10 Å². The molecule has 18 heavy (non-hydrogen) atoms. The molecule has 2 rings (SSSR count). The Kier molecular flexibility index (Phi) is 3.99. The average molecular weight is 249 g/mol. The molecular weight excluding hydrogens is 236 g/mol. The standard InChI is InChI=1S/C14H13F2NO/c15-12-3-1-2-11(14(12)16)13(18)5-4-10-6-8-17-9-7-10/h1-3,6-9,13,18H,4-5H2. The SMILES string of the molecule is OC(CCc1ccncc1)c1cccc(F)c1F. The lowest BCUT2D eigenvalue weighted by Gasteiger charge is -2.12. The Morgan fingerprint density at radius 2 is 1.83 bits per heavy atom. The molecule has 0 saturated carbocycles. The fraction of sp³-hybridized carbons (Fsp3) is 0.214. The zero-order valence-electron chi connectivity index (χ0n) is 9.68. The van der Waals surface area contributed by atoms with Crippen molar-refractivity contribution in [3.63, 3.8) is 0 Å². The van der Waals surface area contributed by atoms with Crippen LogP contribution in [0.4, 0.5) is 8.78 Å². The molecule has 0 saturated heterocycles. The highest BCUT2D eigenvalue weighted by atomic mass is 19.2. The first-order valence-corrected chi connectivity index (χ1v) is 5.69. The zero-order chi connectivity index (χ0) is 13.0. The molecule has 94 valence electrons. The van der Waals surface area contributed by atoms with Crippen LogP contribution in [0.15, 0.2) is 42.7 Å². The fourth-order valence-corrected chi connectivity index (χ4v) is 1.79. The highest BCUT2D eigenvalue weighted by Crippen LogP contribution is 2.23. The van der Waals surface area contributed by atoms with E-state index in [0.717, 1.165) is 11.6 Å². The fourth-order valence-electron chi connectivity index (χ4n) is 1.79. The first-order valence-electron chi connectivity index (χ1n) is 5.69. The normalized spacial score (nSPS) is 12.4. The maximum absolute atomic E-state index is 13.4. The minimum absolute atomic E-state index is 0.00376. The number of benzene rings is 1. The second kappa shape index (κ2) is 5.69. The lowest BCUT2D eigenvalue weighted by atomic mass is 10.0. The quantitative estimate of drug-likeness (QED) is 0.903. The number of aliphatic hydroxyl groups is 1. The zero-order valence-corrected chi connectivity index (χ0v) is 9.68. The smallest absolute Gasteiger partial charge is 0.164 e. The van der Waals surface area contributed by atoms with Crippen LogP contribution >= 0.6 is 0 Å². The number of pyridine rings is 1. The van der Waals surface area contributed by atoms with E-state index < -0.39 is 17.7 Å². The third-order valence-corrected chi connectivity index (χ3v) is 2.80. The van der Waals surface area contributed by atoms with E-state index in [1.807, 2.05) is 12.1 Å². The highest BCUT2D eigenvalue weighted by molar-refractivity contribution is 5.21. The maximum atomic E-state index is 13.4. The van der Waals surface area contributed by atoms with Gasteiger partial charge in [-0.3, -0.25) is 4.98 Å². The second-order valence-electron chi connectivity index (χ2n) is 4.05. The largest absolute Gasteiger partial charge is 0.388 e. The number of rotatable bonds is 4. The summed E-state index contributed by atoms with van der Waals surface area (Å²) >= 11 is 0. The number of nitrogens with zero attached hydrogens (tertiary/aromatic N) is 1. The van der Waals surface area contributed by atoms with E-state index in [0.29, 0.717) is 12.8 Å². The van der Waals surface area contributed by atoms with E-state index in [1.165, 1.54) is 12.1 Å². The first-order chi connectivity index (χ1) is 8.68. The molecule has 0 bridgehead atoms. The number of hydrogen-bond acceptors (Lipinski definition) is 2. The summed E-state index contributed by atoms with van der Waals surface area (Å²) in [7, 11) is 0. The Morgan fingerprint density at radius 3 is 2.56 bits per heavy atom. The molecule has 0 aliphatic rings. The maximum Gasteiger partial charge on any atom is 0.164 e. The first kappa shape index (κ1) is 12.6. The predicted octanol–water partition coefficient (Wildman–Crippen LogP) is 3.03. The lowest BCUT2D eigenvalue weighted by molar-refractivity contribution is 0.162. The topological polar surface area (TPSA) is 33.1 Å². The molecular formula is C14H13F2NO. The van der Waals surface area contributed by atoms with Crippen LogP contribution in [0.1, 0.15) is 23.7 Å². The van der Waals surface area contributed by atoms with Gasteiger partial charge in [-0.25, -0.2) is 8.78 Å². The van der Waals surface area contributed by atoms with E-state index in [2.05, 4.69) is 4.98 Å². The van der Waals surface area contributed by atoms with Crippen molar-refractivity contribution >= 4 is 0 Å². The number of aromatic nitrogens is 1.